The Morgan fingerprint density at radius 1 is 0.500 bits per heavy atom. The number of hydrogen-bond acceptors (Lipinski definition) is 0. The van der Waals surface area contributed by atoms with Gasteiger partial charge in [-0.25, -0.2) is 0 Å². The van der Waals surface area contributed by atoms with E-state index in [0.717, 1.165) is 0 Å². The van der Waals surface area contributed by atoms with Crippen LogP contribution in [0.5, 0.6) is 0 Å². The van der Waals surface area contributed by atoms with Crippen molar-refractivity contribution in [2.24, 2.45) is 0 Å². The summed E-state index contributed by atoms with van der Waals surface area (Å²) in [5.41, 5.74) is 2.61. The molecule has 0 bridgehead atoms. The highest BCUT2D eigenvalue weighted by molar-refractivity contribution is 14.1. The fraction of sp³-hybridized carbons (Fsp3) is 0. The molecule has 0 atom stereocenters. The average Bonchev–Trinajstić information content (AvgIpc) is 2.53. The summed E-state index contributed by atoms with van der Waals surface area (Å²) in [6.07, 6.45) is 0. The van der Waals surface area contributed by atoms with Gasteiger partial charge in [0.2, 0.25) is 0 Å². The Bertz CT molecular complexity index is 920. The van der Waals surface area contributed by atoms with Gasteiger partial charge in [-0.3, -0.25) is 0 Å². The van der Waals surface area contributed by atoms with Gasteiger partial charge in [-0.05, 0) is 102 Å². The molecule has 22 heavy (non-hydrogen) atoms. The van der Waals surface area contributed by atoms with E-state index in [0.29, 0.717) is 0 Å². The predicted octanol–water partition coefficient (Wildman–Crippen LogP) is 6.87. The normalized spacial score (nSPS) is 11.2. The molecule has 0 saturated carbocycles. The number of benzene rings is 4. The number of rotatable bonds is 1. The molecule has 2 heteroatoms. The van der Waals surface area contributed by atoms with E-state index >= 15 is 0 Å². The first-order valence-corrected chi connectivity index (χ1v) is 9.25. The maximum atomic E-state index is 2.37. The Kier molecular flexibility index (Phi) is 3.82. The number of halogens is 2. The molecule has 0 amide bonds. The largest absolute Gasteiger partial charge is 0.0610 e. The third-order valence-electron chi connectivity index (χ3n) is 3.98. The average molecular weight is 506 g/mol. The van der Waals surface area contributed by atoms with Crippen molar-refractivity contribution in [1.29, 1.82) is 0 Å². The SMILES string of the molecule is Ic1ccc2c(-c3cccc4cc(I)ccc34)cccc2c1. The van der Waals surface area contributed by atoms with E-state index in [2.05, 4.69) is 118 Å². The van der Waals surface area contributed by atoms with E-state index in [-0.39, 0.29) is 0 Å². The lowest BCUT2D eigenvalue weighted by Gasteiger charge is -2.11. The highest BCUT2D eigenvalue weighted by atomic mass is 127. The molecular formula is C20H12I2. The summed E-state index contributed by atoms with van der Waals surface area (Å²) >= 11 is 4.74. The molecular weight excluding hydrogens is 494 g/mol. The van der Waals surface area contributed by atoms with Crippen LogP contribution in [0.3, 0.4) is 0 Å². The van der Waals surface area contributed by atoms with Crippen molar-refractivity contribution >= 4 is 66.7 Å². The second-order valence-corrected chi connectivity index (χ2v) is 7.83. The van der Waals surface area contributed by atoms with Crippen LogP contribution in [0, 0.1) is 7.14 Å². The minimum absolute atomic E-state index is 1.27. The Morgan fingerprint density at radius 2 is 0.955 bits per heavy atom. The summed E-state index contributed by atoms with van der Waals surface area (Å²) in [5, 5.41) is 5.22. The molecule has 0 fully saturated rings. The first-order chi connectivity index (χ1) is 10.7. The van der Waals surface area contributed by atoms with Gasteiger partial charge >= 0.3 is 0 Å². The molecule has 0 nitrogen and oxygen atoms in total. The molecule has 0 aliphatic heterocycles. The Labute approximate surface area is 156 Å². The second-order valence-electron chi connectivity index (χ2n) is 5.34. The van der Waals surface area contributed by atoms with Crippen LogP contribution < -0.4 is 0 Å². The lowest BCUT2D eigenvalue weighted by Crippen LogP contribution is -1.85. The fourth-order valence-corrected chi connectivity index (χ4v) is 4.01. The zero-order chi connectivity index (χ0) is 15.1. The third kappa shape index (κ3) is 2.52. The van der Waals surface area contributed by atoms with Crippen molar-refractivity contribution < 1.29 is 0 Å². The lowest BCUT2D eigenvalue weighted by atomic mass is 9.94. The third-order valence-corrected chi connectivity index (χ3v) is 5.32. The van der Waals surface area contributed by atoms with Crippen molar-refractivity contribution in [3.63, 3.8) is 0 Å². The van der Waals surface area contributed by atoms with E-state index in [1.807, 2.05) is 0 Å². The molecule has 0 N–H and O–H groups in total. The van der Waals surface area contributed by atoms with Gasteiger partial charge in [0.15, 0.2) is 0 Å². The molecule has 0 saturated heterocycles. The minimum atomic E-state index is 1.27. The molecule has 0 unspecified atom stereocenters. The molecule has 0 aliphatic rings. The van der Waals surface area contributed by atoms with Gasteiger partial charge < -0.3 is 0 Å². The Balaban J connectivity index is 2.07. The molecule has 4 rings (SSSR count). The summed E-state index contributed by atoms with van der Waals surface area (Å²) in [6, 6.07) is 26.4. The molecule has 0 spiro atoms. The van der Waals surface area contributed by atoms with Crippen molar-refractivity contribution in [2.45, 2.75) is 0 Å². The molecule has 0 aliphatic carbocycles. The highest BCUT2D eigenvalue weighted by Gasteiger charge is 2.08. The molecule has 0 heterocycles. The van der Waals surface area contributed by atoms with Gasteiger partial charge in [0, 0.05) is 7.14 Å². The lowest BCUT2D eigenvalue weighted by molar-refractivity contribution is 1.65. The topological polar surface area (TPSA) is 0 Å². The van der Waals surface area contributed by atoms with E-state index in [1.165, 1.54) is 39.8 Å². The van der Waals surface area contributed by atoms with Crippen LogP contribution in [0.1, 0.15) is 0 Å². The fourth-order valence-electron chi connectivity index (χ4n) is 2.98. The van der Waals surface area contributed by atoms with Crippen LogP contribution in [-0.2, 0) is 0 Å². The number of hydrogen-bond donors (Lipinski definition) is 0. The summed E-state index contributed by atoms with van der Waals surface area (Å²) in [6.45, 7) is 0. The molecule has 4 aromatic rings. The standard InChI is InChI=1S/C20H12I2/c21-15-7-9-17-13(11-15)3-1-5-19(17)20-6-2-4-14-12-16(22)8-10-18(14)20/h1-12H. The van der Waals surface area contributed by atoms with E-state index in [9.17, 15) is 0 Å². The van der Waals surface area contributed by atoms with Crippen LogP contribution in [0.2, 0.25) is 0 Å². The Morgan fingerprint density at radius 3 is 1.41 bits per heavy atom. The van der Waals surface area contributed by atoms with Gasteiger partial charge in [-0.1, -0.05) is 48.5 Å². The van der Waals surface area contributed by atoms with E-state index < -0.39 is 0 Å². The first kappa shape index (κ1) is 14.5. The monoisotopic (exact) mass is 506 g/mol. The van der Waals surface area contributed by atoms with Crippen molar-refractivity contribution in [2.75, 3.05) is 0 Å². The smallest absolute Gasteiger partial charge is 0.0136 e. The van der Waals surface area contributed by atoms with Gasteiger partial charge in [0.1, 0.15) is 0 Å². The van der Waals surface area contributed by atoms with Crippen LogP contribution in [0.25, 0.3) is 32.7 Å². The first-order valence-electron chi connectivity index (χ1n) is 7.09. The number of fused-ring (bicyclic) bond motifs is 2. The maximum absolute atomic E-state index is 2.37. The second kappa shape index (κ2) is 5.81. The summed E-state index contributed by atoms with van der Waals surface area (Å²) in [4.78, 5) is 0. The summed E-state index contributed by atoms with van der Waals surface area (Å²) in [7, 11) is 0. The van der Waals surface area contributed by atoms with Crippen molar-refractivity contribution in [3.8, 4) is 11.1 Å². The quantitative estimate of drug-likeness (QED) is 0.248. The van der Waals surface area contributed by atoms with Crippen LogP contribution in [0.4, 0.5) is 0 Å². The van der Waals surface area contributed by atoms with E-state index in [1.54, 1.807) is 0 Å². The molecule has 4 aromatic carbocycles. The van der Waals surface area contributed by atoms with Gasteiger partial charge in [0.05, 0.1) is 0 Å². The van der Waals surface area contributed by atoms with Gasteiger partial charge in [-0.2, -0.15) is 0 Å². The summed E-state index contributed by atoms with van der Waals surface area (Å²) in [5.74, 6) is 0. The maximum Gasteiger partial charge on any atom is 0.0136 e. The zero-order valence-electron chi connectivity index (χ0n) is 11.7. The molecule has 106 valence electrons. The Hall–Kier alpha value is -1.14. The minimum Gasteiger partial charge on any atom is -0.0610 e. The molecule has 0 aromatic heterocycles. The van der Waals surface area contributed by atoms with Gasteiger partial charge in [-0.15, -0.1) is 0 Å². The van der Waals surface area contributed by atoms with E-state index in [4.69, 9.17) is 0 Å². The van der Waals surface area contributed by atoms with Crippen molar-refractivity contribution in [1.82, 2.24) is 0 Å². The zero-order valence-corrected chi connectivity index (χ0v) is 16.0. The van der Waals surface area contributed by atoms with Crippen LogP contribution in [0.15, 0.2) is 72.8 Å². The van der Waals surface area contributed by atoms with Gasteiger partial charge in [0.25, 0.3) is 0 Å². The highest BCUT2D eigenvalue weighted by Crippen LogP contribution is 2.34. The van der Waals surface area contributed by atoms with Crippen LogP contribution in [-0.4, -0.2) is 0 Å². The molecule has 0 radical (unpaired) electrons. The van der Waals surface area contributed by atoms with Crippen molar-refractivity contribution in [3.05, 3.63) is 79.9 Å². The summed E-state index contributed by atoms with van der Waals surface area (Å²) < 4.78 is 2.55. The van der Waals surface area contributed by atoms with Crippen LogP contribution >= 0.6 is 45.2 Å². The predicted molar refractivity (Wildman–Crippen MR) is 112 cm³/mol.